The molecule has 0 rings (SSSR count). The maximum Gasteiger partial charge on any atom is 0.319 e. The third-order valence-electron chi connectivity index (χ3n) is 0.970. The van der Waals surface area contributed by atoms with Gasteiger partial charge in [-0.15, -0.1) is 0 Å². The minimum Gasteiger partial charge on any atom is -0.462 e. The molecule has 0 bridgehead atoms. The summed E-state index contributed by atoms with van der Waals surface area (Å²) >= 11 is 4.38. The first-order valence-corrected chi connectivity index (χ1v) is 6.25. The molecule has 11 heavy (non-hydrogen) atoms. The molecule has 0 aliphatic heterocycles. The highest BCUT2D eigenvalue weighted by atomic mass is 127. The van der Waals surface area contributed by atoms with E-state index in [2.05, 4.69) is 45.2 Å². The molecule has 0 aromatic heterocycles. The molecule has 0 aromatic rings. The number of rotatable bonds is 4. The maximum absolute atomic E-state index is 11.1. The van der Waals surface area contributed by atoms with E-state index in [-0.39, 0.29) is 16.0 Å². The Kier molecular flexibility index (Phi) is 6.99. The molecule has 0 saturated carbocycles. The quantitative estimate of drug-likeness (QED) is 0.425. The van der Waals surface area contributed by atoms with Crippen LogP contribution in [0.3, 0.4) is 0 Å². The van der Waals surface area contributed by atoms with Gasteiger partial charge in [0.05, 0.1) is 6.10 Å². The third-order valence-corrected chi connectivity index (χ3v) is 2.72. The molecule has 0 radical (unpaired) electrons. The summed E-state index contributed by atoms with van der Waals surface area (Å²) in [5, 5.41) is 0. The summed E-state index contributed by atoms with van der Waals surface area (Å²) in [7, 11) is 0. The molecule has 0 N–H and O–H groups in total. The molecule has 0 amide bonds. The molecule has 0 aliphatic rings. The number of hydrogen-bond donors (Lipinski definition) is 0. The molecule has 0 aromatic carbocycles. The smallest absolute Gasteiger partial charge is 0.319 e. The lowest BCUT2D eigenvalue weighted by atomic mass is 10.3. The highest BCUT2D eigenvalue weighted by molar-refractivity contribution is 14.1. The number of carbonyl (C=O) groups is 1. The van der Waals surface area contributed by atoms with Gasteiger partial charge in [-0.1, -0.05) is 45.2 Å². The van der Waals surface area contributed by atoms with E-state index in [0.29, 0.717) is 0 Å². The summed E-state index contributed by atoms with van der Waals surface area (Å²) in [6, 6.07) is 0. The van der Waals surface area contributed by atoms with Gasteiger partial charge in [-0.3, -0.25) is 4.79 Å². The van der Waals surface area contributed by atoms with Crippen LogP contribution in [0.1, 0.15) is 20.3 Å². The number of carbonyl (C=O) groups excluding carboxylic acids is 1. The van der Waals surface area contributed by atoms with Crippen molar-refractivity contribution in [2.75, 3.05) is 4.43 Å². The fraction of sp³-hybridized carbons (Fsp3) is 0.857. The van der Waals surface area contributed by atoms with Crippen molar-refractivity contribution in [3.8, 4) is 0 Å². The zero-order valence-corrected chi connectivity index (χ0v) is 11.0. The largest absolute Gasteiger partial charge is 0.462 e. The highest BCUT2D eigenvalue weighted by Crippen LogP contribution is 2.10. The first-order valence-electron chi connectivity index (χ1n) is 3.48. The summed E-state index contributed by atoms with van der Waals surface area (Å²) < 4.78 is 6.03. The Balaban J connectivity index is 3.64. The number of esters is 1. The fourth-order valence-corrected chi connectivity index (χ4v) is 2.79. The van der Waals surface area contributed by atoms with E-state index in [1.807, 2.05) is 13.8 Å². The lowest BCUT2D eigenvalue weighted by Crippen LogP contribution is -2.21. The van der Waals surface area contributed by atoms with Crippen LogP contribution < -0.4 is 0 Å². The lowest BCUT2D eigenvalue weighted by molar-refractivity contribution is -0.146. The Labute approximate surface area is 94.7 Å². The zero-order valence-electron chi connectivity index (χ0n) is 6.64. The van der Waals surface area contributed by atoms with E-state index in [1.54, 1.807) is 0 Å². The van der Waals surface area contributed by atoms with Gasteiger partial charge < -0.3 is 4.74 Å². The second kappa shape index (κ2) is 6.45. The third kappa shape index (κ3) is 6.12. The van der Waals surface area contributed by atoms with Crippen LogP contribution in [0.5, 0.6) is 0 Å². The summed E-state index contributed by atoms with van der Waals surface area (Å²) in [5.41, 5.74) is 0. The fourth-order valence-electron chi connectivity index (χ4n) is 0.520. The van der Waals surface area contributed by atoms with Crippen molar-refractivity contribution >= 4 is 51.2 Å². The number of halogens is 2. The van der Waals surface area contributed by atoms with Crippen molar-refractivity contribution in [1.82, 2.24) is 0 Å². The van der Waals surface area contributed by atoms with Gasteiger partial charge in [-0.25, -0.2) is 0 Å². The molecule has 2 nitrogen and oxygen atoms in total. The van der Waals surface area contributed by atoms with E-state index < -0.39 is 0 Å². The summed E-state index contributed by atoms with van der Waals surface area (Å²) in [4.78, 5) is 11.1. The van der Waals surface area contributed by atoms with Gasteiger partial charge in [0.1, 0.15) is 3.92 Å². The summed E-state index contributed by atoms with van der Waals surface area (Å²) in [6.45, 7) is 3.73. The van der Waals surface area contributed by atoms with Gasteiger partial charge in [0.2, 0.25) is 0 Å². The molecule has 1 atom stereocenters. The van der Waals surface area contributed by atoms with Crippen LogP contribution in [-0.2, 0) is 9.53 Å². The van der Waals surface area contributed by atoms with Gasteiger partial charge in [-0.2, -0.15) is 0 Å². The van der Waals surface area contributed by atoms with Crippen molar-refractivity contribution in [3.63, 3.8) is 0 Å². The Morgan fingerprint density at radius 1 is 1.55 bits per heavy atom. The summed E-state index contributed by atoms with van der Waals surface area (Å²) in [6.07, 6.45) is 0.904. The molecule has 66 valence electrons. The second-order valence-electron chi connectivity index (χ2n) is 2.43. The molecule has 0 aliphatic carbocycles. The lowest BCUT2D eigenvalue weighted by Gasteiger charge is -2.10. The highest BCUT2D eigenvalue weighted by Gasteiger charge is 2.15. The Morgan fingerprint density at radius 2 is 2.09 bits per heavy atom. The van der Waals surface area contributed by atoms with Crippen molar-refractivity contribution in [2.45, 2.75) is 30.3 Å². The summed E-state index contributed by atoms with van der Waals surface area (Å²) in [5.74, 6) is -0.0859. The molecule has 0 spiro atoms. The van der Waals surface area contributed by atoms with Crippen molar-refractivity contribution < 1.29 is 9.53 Å². The average molecular weight is 382 g/mol. The van der Waals surface area contributed by atoms with E-state index in [9.17, 15) is 4.79 Å². The Hall–Kier alpha value is 0.930. The van der Waals surface area contributed by atoms with E-state index in [1.165, 1.54) is 0 Å². The molecule has 4 heteroatoms. The molecule has 1 unspecified atom stereocenters. The van der Waals surface area contributed by atoms with E-state index >= 15 is 0 Å². The molecular weight excluding hydrogens is 370 g/mol. The molecule has 0 heterocycles. The normalized spacial score (nSPS) is 13.2. The van der Waals surface area contributed by atoms with E-state index in [0.717, 1.165) is 10.8 Å². The predicted octanol–water partition coefficient (Wildman–Crippen LogP) is 2.57. The zero-order chi connectivity index (χ0) is 8.85. The number of ether oxygens (including phenoxy) is 1. The van der Waals surface area contributed by atoms with Gasteiger partial charge in [0, 0.05) is 4.43 Å². The topological polar surface area (TPSA) is 26.3 Å². The van der Waals surface area contributed by atoms with Gasteiger partial charge >= 0.3 is 5.97 Å². The van der Waals surface area contributed by atoms with Crippen LogP contribution in [-0.4, -0.2) is 20.4 Å². The van der Waals surface area contributed by atoms with Crippen LogP contribution in [0.25, 0.3) is 0 Å². The van der Waals surface area contributed by atoms with Crippen LogP contribution in [0.2, 0.25) is 0 Å². The van der Waals surface area contributed by atoms with Gasteiger partial charge in [0.15, 0.2) is 0 Å². The van der Waals surface area contributed by atoms with Gasteiger partial charge in [-0.05, 0) is 20.3 Å². The molecular formula is C7H12I2O2. The van der Waals surface area contributed by atoms with Crippen molar-refractivity contribution in [3.05, 3.63) is 0 Å². The van der Waals surface area contributed by atoms with Gasteiger partial charge in [0.25, 0.3) is 0 Å². The number of hydrogen-bond acceptors (Lipinski definition) is 2. The van der Waals surface area contributed by atoms with Crippen molar-refractivity contribution in [1.29, 1.82) is 0 Å². The Morgan fingerprint density at radius 3 is 2.45 bits per heavy atom. The minimum atomic E-state index is -0.0859. The Bertz CT molecular complexity index is 126. The predicted molar refractivity (Wildman–Crippen MR) is 62.5 cm³/mol. The first kappa shape index (κ1) is 11.9. The first-order chi connectivity index (χ1) is 5.07. The van der Waals surface area contributed by atoms with Crippen LogP contribution in [0.4, 0.5) is 0 Å². The van der Waals surface area contributed by atoms with Crippen LogP contribution in [0.15, 0.2) is 0 Å². The van der Waals surface area contributed by atoms with E-state index in [4.69, 9.17) is 4.74 Å². The standard InChI is InChI=1S/C7H12I2O2/c1-5(2)11-7(10)6(9)3-4-8/h5-6H,3-4H2,1-2H3. The average Bonchev–Trinajstić information content (AvgIpc) is 1.86. The van der Waals surface area contributed by atoms with Crippen molar-refractivity contribution in [2.24, 2.45) is 0 Å². The monoisotopic (exact) mass is 382 g/mol. The maximum atomic E-state index is 11.1. The van der Waals surface area contributed by atoms with Crippen LogP contribution >= 0.6 is 45.2 Å². The molecule has 0 saturated heterocycles. The number of alkyl halides is 2. The SMILES string of the molecule is CC(C)OC(=O)C(I)CCI. The minimum absolute atomic E-state index is 0.00831. The second-order valence-corrected chi connectivity index (χ2v) is 5.01. The molecule has 0 fully saturated rings. The van der Waals surface area contributed by atoms with Crippen LogP contribution in [0, 0.1) is 0 Å².